The average Bonchev–Trinajstić information content (AvgIpc) is 1.78. The zero-order chi connectivity index (χ0) is 10.1. The number of benzene rings is 1. The van der Waals surface area contributed by atoms with E-state index in [0.717, 1.165) is 6.07 Å². The van der Waals surface area contributed by atoms with E-state index in [4.69, 9.17) is 11.6 Å². The van der Waals surface area contributed by atoms with Gasteiger partial charge in [-0.1, -0.05) is 11.6 Å². The summed E-state index contributed by atoms with van der Waals surface area (Å²) in [4.78, 5) is 0. The van der Waals surface area contributed by atoms with E-state index in [0.29, 0.717) is 6.07 Å². The number of hydrogen-bond donors (Lipinski definition) is 0. The molecule has 6 heteroatoms. The molecule has 0 unspecified atom stereocenters. The first-order valence-electron chi connectivity index (χ1n) is 3.01. The van der Waals surface area contributed by atoms with E-state index >= 15 is 0 Å². The van der Waals surface area contributed by atoms with Gasteiger partial charge in [0.05, 0.1) is 5.02 Å². The fraction of sp³-hybridized carbons (Fsp3) is 0.143. The Labute approximate surface area is 75.9 Å². The van der Waals surface area contributed by atoms with Gasteiger partial charge in [0.1, 0.15) is 11.6 Å². The lowest BCUT2D eigenvalue weighted by Crippen LogP contribution is -2.17. The van der Waals surface area contributed by atoms with Crippen LogP contribution in [0.5, 0.6) is 5.75 Å². The normalized spacial score (nSPS) is 11.5. The molecule has 0 fully saturated rings. The summed E-state index contributed by atoms with van der Waals surface area (Å²) in [6.07, 6.45) is -4.85. The van der Waals surface area contributed by atoms with Crippen molar-refractivity contribution in [3.63, 3.8) is 0 Å². The van der Waals surface area contributed by atoms with Crippen molar-refractivity contribution < 1.29 is 22.3 Å². The third-order valence-electron chi connectivity index (χ3n) is 1.01. The molecule has 0 aromatic heterocycles. The molecule has 1 aromatic carbocycles. The van der Waals surface area contributed by atoms with Gasteiger partial charge in [0.15, 0.2) is 0 Å². The fourth-order valence-electron chi connectivity index (χ4n) is 0.670. The Hall–Kier alpha value is -0.970. The van der Waals surface area contributed by atoms with Crippen molar-refractivity contribution in [2.75, 3.05) is 0 Å². The zero-order valence-corrected chi connectivity index (χ0v) is 6.71. The highest BCUT2D eigenvalue weighted by Crippen LogP contribution is 2.25. The van der Waals surface area contributed by atoms with Crippen molar-refractivity contribution in [3.05, 3.63) is 29.0 Å². The Bertz CT molecular complexity index is 290. The monoisotopic (exact) mass is 213 g/mol. The van der Waals surface area contributed by atoms with Gasteiger partial charge in [-0.15, -0.1) is 13.2 Å². The molecular formula is C7H2ClF4O. The molecule has 0 bridgehead atoms. The van der Waals surface area contributed by atoms with E-state index in [1.54, 1.807) is 0 Å². The largest absolute Gasteiger partial charge is 0.573 e. The molecule has 0 aliphatic carbocycles. The number of ether oxygens (including phenoxy) is 1. The van der Waals surface area contributed by atoms with Crippen LogP contribution in [0.15, 0.2) is 12.1 Å². The van der Waals surface area contributed by atoms with Crippen LogP contribution in [0.25, 0.3) is 0 Å². The van der Waals surface area contributed by atoms with Crippen LogP contribution < -0.4 is 4.74 Å². The van der Waals surface area contributed by atoms with Crippen LogP contribution in [0, 0.1) is 11.9 Å². The molecule has 71 valence electrons. The zero-order valence-electron chi connectivity index (χ0n) is 5.95. The minimum atomic E-state index is -4.85. The fourth-order valence-corrected chi connectivity index (χ4v) is 0.868. The lowest BCUT2D eigenvalue weighted by atomic mass is 10.3. The highest BCUT2D eigenvalue weighted by molar-refractivity contribution is 6.30. The third kappa shape index (κ3) is 3.50. The summed E-state index contributed by atoms with van der Waals surface area (Å²) in [5.41, 5.74) is 0. The molecule has 0 atom stereocenters. The second kappa shape index (κ2) is 3.41. The first-order chi connectivity index (χ1) is 5.87. The summed E-state index contributed by atoms with van der Waals surface area (Å²) in [7, 11) is 0. The molecule has 1 nitrogen and oxygen atoms in total. The maximum atomic E-state index is 12.4. The molecule has 0 saturated heterocycles. The first-order valence-corrected chi connectivity index (χ1v) is 3.39. The summed E-state index contributed by atoms with van der Waals surface area (Å²) < 4.78 is 50.7. The predicted molar refractivity (Wildman–Crippen MR) is 36.9 cm³/mol. The Kier molecular flexibility index (Phi) is 2.66. The standard InChI is InChI=1S/C7H2ClF4O/c8-4-1-5(9)3-6(2-4)13-7(10,11)12/h2-3H. The molecule has 0 spiro atoms. The number of alkyl halides is 3. The molecule has 0 amide bonds. The molecule has 0 aliphatic rings. The highest BCUT2D eigenvalue weighted by Gasteiger charge is 2.31. The summed E-state index contributed by atoms with van der Waals surface area (Å²) in [5.74, 6) is -1.71. The van der Waals surface area contributed by atoms with E-state index in [-0.39, 0.29) is 5.02 Å². The Morgan fingerprint density at radius 1 is 1.31 bits per heavy atom. The molecular weight excluding hydrogens is 212 g/mol. The van der Waals surface area contributed by atoms with Gasteiger partial charge in [0.2, 0.25) is 0 Å². The van der Waals surface area contributed by atoms with E-state index in [1.165, 1.54) is 0 Å². The molecule has 0 N–H and O–H groups in total. The van der Waals surface area contributed by atoms with Crippen molar-refractivity contribution in [2.24, 2.45) is 0 Å². The quantitative estimate of drug-likeness (QED) is 0.651. The molecule has 1 aromatic rings. The second-order valence-electron chi connectivity index (χ2n) is 2.06. The Morgan fingerprint density at radius 2 is 1.92 bits per heavy atom. The minimum Gasteiger partial charge on any atom is -0.406 e. The summed E-state index contributed by atoms with van der Waals surface area (Å²) in [5, 5.41) is -0.278. The van der Waals surface area contributed by atoms with Crippen LogP contribution in [0.3, 0.4) is 0 Å². The van der Waals surface area contributed by atoms with Gasteiger partial charge < -0.3 is 4.74 Å². The van der Waals surface area contributed by atoms with Crippen LogP contribution in [0.2, 0.25) is 5.02 Å². The van der Waals surface area contributed by atoms with E-state index < -0.39 is 17.9 Å². The lowest BCUT2D eigenvalue weighted by Gasteiger charge is -2.08. The van der Waals surface area contributed by atoms with Gasteiger partial charge in [0.25, 0.3) is 0 Å². The molecule has 0 saturated carbocycles. The Balaban J connectivity index is 2.90. The average molecular weight is 214 g/mol. The van der Waals surface area contributed by atoms with Crippen molar-refractivity contribution in [1.29, 1.82) is 0 Å². The number of hydrogen-bond acceptors (Lipinski definition) is 1. The van der Waals surface area contributed by atoms with Crippen LogP contribution in [-0.4, -0.2) is 6.36 Å². The highest BCUT2D eigenvalue weighted by atomic mass is 35.5. The van der Waals surface area contributed by atoms with Crippen molar-refractivity contribution in [1.82, 2.24) is 0 Å². The SMILES string of the molecule is Fc1[c]c(Cl)cc(OC(F)(F)F)c1. The van der Waals surface area contributed by atoms with Crippen LogP contribution >= 0.6 is 11.6 Å². The third-order valence-corrected chi connectivity index (χ3v) is 1.21. The van der Waals surface area contributed by atoms with Crippen molar-refractivity contribution in [2.45, 2.75) is 6.36 Å². The van der Waals surface area contributed by atoms with Gasteiger partial charge in [-0.25, -0.2) is 4.39 Å². The Morgan fingerprint density at radius 3 is 2.38 bits per heavy atom. The minimum absolute atomic E-state index is 0.278. The van der Waals surface area contributed by atoms with Gasteiger partial charge in [0, 0.05) is 12.1 Å². The van der Waals surface area contributed by atoms with Gasteiger partial charge >= 0.3 is 6.36 Å². The van der Waals surface area contributed by atoms with Crippen molar-refractivity contribution in [3.8, 4) is 5.75 Å². The lowest BCUT2D eigenvalue weighted by molar-refractivity contribution is -0.274. The van der Waals surface area contributed by atoms with E-state index in [9.17, 15) is 17.6 Å². The summed E-state index contributed by atoms with van der Waals surface area (Å²) >= 11 is 5.24. The van der Waals surface area contributed by atoms with Crippen LogP contribution in [-0.2, 0) is 0 Å². The smallest absolute Gasteiger partial charge is 0.406 e. The molecule has 0 aliphatic heterocycles. The molecule has 0 heterocycles. The van der Waals surface area contributed by atoms with Gasteiger partial charge in [-0.3, -0.25) is 0 Å². The predicted octanol–water partition coefficient (Wildman–Crippen LogP) is 3.18. The topological polar surface area (TPSA) is 9.23 Å². The second-order valence-corrected chi connectivity index (χ2v) is 2.47. The van der Waals surface area contributed by atoms with Crippen LogP contribution in [0.1, 0.15) is 0 Å². The van der Waals surface area contributed by atoms with Gasteiger partial charge in [-0.2, -0.15) is 0 Å². The van der Waals surface area contributed by atoms with Crippen LogP contribution in [0.4, 0.5) is 17.6 Å². The van der Waals surface area contributed by atoms with Crippen molar-refractivity contribution >= 4 is 11.6 Å². The first kappa shape index (κ1) is 10.1. The molecule has 13 heavy (non-hydrogen) atoms. The van der Waals surface area contributed by atoms with E-state index in [1.807, 2.05) is 6.07 Å². The maximum absolute atomic E-state index is 12.4. The summed E-state index contributed by atoms with van der Waals surface area (Å²) in [6, 6.07) is 3.31. The molecule has 1 rings (SSSR count). The maximum Gasteiger partial charge on any atom is 0.573 e. The van der Waals surface area contributed by atoms with E-state index in [2.05, 4.69) is 4.74 Å². The number of halogens is 5. The van der Waals surface area contributed by atoms with Gasteiger partial charge in [-0.05, 0) is 6.07 Å². The summed E-state index contributed by atoms with van der Waals surface area (Å²) in [6.45, 7) is 0. The molecule has 1 radical (unpaired) electrons. The number of rotatable bonds is 1.